The van der Waals surface area contributed by atoms with Crippen LogP contribution in [0.15, 0.2) is 42.6 Å². The van der Waals surface area contributed by atoms with Crippen LogP contribution in [-0.4, -0.2) is 17.1 Å². The minimum Gasteiger partial charge on any atom is -0.389 e. The van der Waals surface area contributed by atoms with E-state index >= 15 is 0 Å². The summed E-state index contributed by atoms with van der Waals surface area (Å²) < 4.78 is 0. The van der Waals surface area contributed by atoms with E-state index in [-0.39, 0.29) is 6.04 Å². The molecule has 3 nitrogen and oxygen atoms in total. The zero-order chi connectivity index (χ0) is 14.7. The molecular weight excluding hydrogens is 272 g/mol. The molecule has 0 aliphatic heterocycles. The fraction of sp³-hybridized carbons (Fsp3) is 0.312. The maximum Gasteiger partial charge on any atom is 0.128 e. The molecule has 2 rings (SSSR count). The molecule has 1 aromatic heterocycles. The van der Waals surface area contributed by atoms with Gasteiger partial charge in [-0.3, -0.25) is 0 Å². The van der Waals surface area contributed by atoms with Crippen LogP contribution in [0.5, 0.6) is 0 Å². The number of rotatable bonds is 4. The van der Waals surface area contributed by atoms with E-state index in [1.165, 1.54) is 5.56 Å². The van der Waals surface area contributed by atoms with Gasteiger partial charge in [-0.15, -0.1) is 0 Å². The Labute approximate surface area is 124 Å². The van der Waals surface area contributed by atoms with Crippen molar-refractivity contribution in [2.45, 2.75) is 26.0 Å². The molecule has 20 heavy (non-hydrogen) atoms. The number of hydrogen-bond donors (Lipinski definition) is 1. The van der Waals surface area contributed by atoms with Crippen LogP contribution in [0, 0.1) is 0 Å². The minimum absolute atomic E-state index is 0.192. The highest BCUT2D eigenvalue weighted by Gasteiger charge is 2.13. The summed E-state index contributed by atoms with van der Waals surface area (Å²) >= 11 is 5.91. The van der Waals surface area contributed by atoms with E-state index in [4.69, 9.17) is 11.6 Å². The zero-order valence-electron chi connectivity index (χ0n) is 11.9. The summed E-state index contributed by atoms with van der Waals surface area (Å²) in [5, 5.41) is 10.2. The molecule has 1 unspecified atom stereocenters. The molecule has 1 aromatic carbocycles. The van der Waals surface area contributed by atoms with Crippen molar-refractivity contribution in [3.63, 3.8) is 0 Å². The van der Waals surface area contributed by atoms with Gasteiger partial charge in [0.25, 0.3) is 0 Å². The van der Waals surface area contributed by atoms with Crippen molar-refractivity contribution < 1.29 is 5.11 Å². The third kappa shape index (κ3) is 3.30. The predicted molar refractivity (Wildman–Crippen MR) is 83.1 cm³/mol. The summed E-state index contributed by atoms with van der Waals surface area (Å²) in [5.41, 5.74) is 2.00. The van der Waals surface area contributed by atoms with Crippen LogP contribution in [0.4, 0.5) is 5.82 Å². The van der Waals surface area contributed by atoms with Crippen LogP contribution in [-0.2, 0) is 0 Å². The molecule has 4 heteroatoms. The smallest absolute Gasteiger partial charge is 0.128 e. The first-order chi connectivity index (χ1) is 9.49. The molecule has 0 aliphatic carbocycles. The van der Waals surface area contributed by atoms with Crippen molar-refractivity contribution in [3.05, 3.63) is 58.7 Å². The van der Waals surface area contributed by atoms with Crippen LogP contribution in [0.3, 0.4) is 0 Å². The standard InChI is InChI=1S/C16H19ClN2O/c1-11(13-4-7-15(17)8-5-13)19(3)16-9-6-14(10-18-16)12(2)20/h4-12,20H,1-3H3/t11?,12-/m1/s1. The van der Waals surface area contributed by atoms with Crippen LogP contribution in [0.1, 0.15) is 37.1 Å². The Balaban J connectivity index is 2.17. The van der Waals surface area contributed by atoms with Gasteiger partial charge in [0.05, 0.1) is 12.1 Å². The average molecular weight is 291 g/mol. The Morgan fingerprint density at radius 2 is 1.65 bits per heavy atom. The van der Waals surface area contributed by atoms with Crippen LogP contribution in [0.25, 0.3) is 0 Å². The summed E-state index contributed by atoms with van der Waals surface area (Å²) in [6.07, 6.45) is 1.22. The maximum atomic E-state index is 9.50. The molecule has 1 heterocycles. The fourth-order valence-corrected chi connectivity index (χ4v) is 2.14. The van der Waals surface area contributed by atoms with E-state index < -0.39 is 6.10 Å². The molecule has 2 atom stereocenters. The Morgan fingerprint density at radius 3 is 2.15 bits per heavy atom. The van der Waals surface area contributed by atoms with E-state index in [0.717, 1.165) is 16.4 Å². The lowest BCUT2D eigenvalue weighted by Crippen LogP contribution is -2.22. The van der Waals surface area contributed by atoms with Gasteiger partial charge in [-0.05, 0) is 43.2 Å². The number of aromatic nitrogens is 1. The predicted octanol–water partition coefficient (Wildman–Crippen LogP) is 3.99. The highest BCUT2D eigenvalue weighted by atomic mass is 35.5. The SMILES string of the molecule is CC(c1ccc(Cl)cc1)N(C)c1ccc([C@@H](C)O)cn1. The quantitative estimate of drug-likeness (QED) is 0.925. The third-order valence-electron chi connectivity index (χ3n) is 3.55. The number of aliphatic hydroxyl groups excluding tert-OH is 1. The molecule has 0 fully saturated rings. The number of aliphatic hydroxyl groups is 1. The molecule has 106 valence electrons. The molecular formula is C16H19ClN2O. The maximum absolute atomic E-state index is 9.50. The van der Waals surface area contributed by atoms with E-state index in [0.29, 0.717) is 0 Å². The van der Waals surface area contributed by atoms with Gasteiger partial charge >= 0.3 is 0 Å². The van der Waals surface area contributed by atoms with Crippen molar-refractivity contribution in [1.29, 1.82) is 0 Å². The van der Waals surface area contributed by atoms with E-state index in [9.17, 15) is 5.11 Å². The molecule has 0 aliphatic rings. The van der Waals surface area contributed by atoms with Gasteiger partial charge in [-0.2, -0.15) is 0 Å². The number of nitrogens with zero attached hydrogens (tertiary/aromatic N) is 2. The van der Waals surface area contributed by atoms with Gasteiger partial charge in [0.15, 0.2) is 0 Å². The van der Waals surface area contributed by atoms with Gasteiger partial charge in [0.2, 0.25) is 0 Å². The first-order valence-electron chi connectivity index (χ1n) is 6.61. The second-order valence-corrected chi connectivity index (χ2v) is 5.40. The van der Waals surface area contributed by atoms with Crippen molar-refractivity contribution in [1.82, 2.24) is 4.98 Å². The lowest BCUT2D eigenvalue weighted by Gasteiger charge is -2.26. The summed E-state index contributed by atoms with van der Waals surface area (Å²) in [6.45, 7) is 3.85. The van der Waals surface area contributed by atoms with E-state index in [1.54, 1.807) is 13.1 Å². The summed E-state index contributed by atoms with van der Waals surface area (Å²) in [5.74, 6) is 0.872. The Hall–Kier alpha value is -1.58. The lowest BCUT2D eigenvalue weighted by molar-refractivity contribution is 0.199. The van der Waals surface area contributed by atoms with E-state index in [1.807, 2.05) is 43.4 Å². The van der Waals surface area contributed by atoms with Crippen LogP contribution in [0.2, 0.25) is 5.02 Å². The van der Waals surface area contributed by atoms with Gasteiger partial charge in [0.1, 0.15) is 5.82 Å². The fourth-order valence-electron chi connectivity index (χ4n) is 2.02. The Morgan fingerprint density at radius 1 is 1.05 bits per heavy atom. The molecule has 0 saturated carbocycles. The molecule has 0 amide bonds. The zero-order valence-corrected chi connectivity index (χ0v) is 12.7. The number of pyridine rings is 1. The summed E-state index contributed by atoms with van der Waals surface area (Å²) in [6, 6.07) is 11.8. The molecule has 0 spiro atoms. The first-order valence-corrected chi connectivity index (χ1v) is 6.99. The van der Waals surface area contributed by atoms with Crippen LogP contribution < -0.4 is 4.90 Å². The second kappa shape index (κ2) is 6.25. The molecule has 2 aromatic rings. The van der Waals surface area contributed by atoms with Crippen molar-refractivity contribution in [2.75, 3.05) is 11.9 Å². The van der Waals surface area contributed by atoms with Crippen molar-refractivity contribution in [3.8, 4) is 0 Å². The minimum atomic E-state index is -0.490. The third-order valence-corrected chi connectivity index (χ3v) is 3.80. The Kier molecular flexibility index (Phi) is 4.63. The van der Waals surface area contributed by atoms with Crippen molar-refractivity contribution in [2.24, 2.45) is 0 Å². The summed E-state index contributed by atoms with van der Waals surface area (Å²) in [4.78, 5) is 6.50. The normalized spacial score (nSPS) is 13.8. The second-order valence-electron chi connectivity index (χ2n) is 4.96. The molecule has 0 radical (unpaired) electrons. The highest BCUT2D eigenvalue weighted by molar-refractivity contribution is 6.30. The highest BCUT2D eigenvalue weighted by Crippen LogP contribution is 2.25. The Bertz CT molecular complexity index is 552. The monoisotopic (exact) mass is 290 g/mol. The van der Waals surface area contributed by atoms with Gasteiger partial charge in [0, 0.05) is 18.3 Å². The summed E-state index contributed by atoms with van der Waals surface area (Å²) in [7, 11) is 2.00. The number of anilines is 1. The number of hydrogen-bond acceptors (Lipinski definition) is 3. The first kappa shape index (κ1) is 14.8. The van der Waals surface area contributed by atoms with Gasteiger partial charge in [-0.1, -0.05) is 29.8 Å². The topological polar surface area (TPSA) is 36.4 Å². The lowest BCUT2D eigenvalue weighted by atomic mass is 10.1. The largest absolute Gasteiger partial charge is 0.389 e. The number of benzene rings is 1. The van der Waals surface area contributed by atoms with E-state index in [2.05, 4.69) is 16.8 Å². The molecule has 1 N–H and O–H groups in total. The van der Waals surface area contributed by atoms with Crippen molar-refractivity contribution >= 4 is 17.4 Å². The average Bonchev–Trinajstić information content (AvgIpc) is 2.46. The number of halogens is 1. The molecule has 0 saturated heterocycles. The van der Waals surface area contributed by atoms with Gasteiger partial charge < -0.3 is 10.0 Å². The molecule has 0 bridgehead atoms. The van der Waals surface area contributed by atoms with Gasteiger partial charge in [-0.25, -0.2) is 4.98 Å². The van der Waals surface area contributed by atoms with Crippen LogP contribution >= 0.6 is 11.6 Å².